The number of aromatic nitrogens is 3. The molecule has 0 bridgehead atoms. The third-order valence-corrected chi connectivity index (χ3v) is 5.84. The number of aromatic amines is 1. The molecule has 1 amide bonds. The molecule has 5 rings (SSSR count). The summed E-state index contributed by atoms with van der Waals surface area (Å²) >= 11 is 0. The molecule has 1 saturated heterocycles. The van der Waals surface area contributed by atoms with Crippen molar-refractivity contribution in [3.8, 4) is 5.75 Å². The quantitative estimate of drug-likeness (QED) is 0.667. The molecule has 1 aromatic carbocycles. The fourth-order valence-electron chi connectivity index (χ4n) is 4.39. The number of H-pyrrole nitrogens is 1. The molecule has 4 heterocycles. The minimum absolute atomic E-state index is 0.0961. The van der Waals surface area contributed by atoms with Crippen LogP contribution in [0.1, 0.15) is 21.6 Å². The summed E-state index contributed by atoms with van der Waals surface area (Å²) in [6, 6.07) is 9.58. The Kier molecular flexibility index (Phi) is 3.68. The minimum atomic E-state index is -0.593. The molecule has 0 unspecified atom stereocenters. The smallest absolute Gasteiger partial charge is 0.329 e. The third-order valence-electron chi connectivity index (χ3n) is 5.84. The number of benzene rings is 1. The number of aryl methyl sites for hydroxylation is 2. The molecule has 8 nitrogen and oxygen atoms in total. The maximum absolute atomic E-state index is 13.2. The van der Waals surface area contributed by atoms with Crippen LogP contribution in [0.2, 0.25) is 0 Å². The van der Waals surface area contributed by atoms with Crippen LogP contribution in [0.3, 0.4) is 0 Å². The lowest BCUT2D eigenvalue weighted by atomic mass is 9.73. The van der Waals surface area contributed by atoms with Gasteiger partial charge in [-0.15, -0.1) is 0 Å². The SMILES string of the molecule is Cc1cc(C(=O)N2CC3(COc4ccccc4C3)C2)c2c(=O)[nH]c(=O)n(C)c2n1. The van der Waals surface area contributed by atoms with E-state index in [9.17, 15) is 14.4 Å². The van der Waals surface area contributed by atoms with Crippen LogP contribution in [0, 0.1) is 12.3 Å². The van der Waals surface area contributed by atoms with E-state index in [1.165, 1.54) is 11.6 Å². The van der Waals surface area contributed by atoms with Crippen LogP contribution in [-0.2, 0) is 13.5 Å². The van der Waals surface area contributed by atoms with E-state index in [1.54, 1.807) is 17.9 Å². The molecule has 2 aromatic heterocycles. The Bertz CT molecular complexity index is 1280. The highest BCUT2D eigenvalue weighted by molar-refractivity contribution is 6.05. The van der Waals surface area contributed by atoms with Gasteiger partial charge >= 0.3 is 5.69 Å². The van der Waals surface area contributed by atoms with Gasteiger partial charge in [0.1, 0.15) is 11.4 Å². The number of rotatable bonds is 1. The van der Waals surface area contributed by atoms with Crippen LogP contribution in [-0.4, -0.2) is 45.0 Å². The number of amides is 1. The van der Waals surface area contributed by atoms with Crippen LogP contribution in [0.25, 0.3) is 11.0 Å². The Morgan fingerprint density at radius 2 is 2.00 bits per heavy atom. The monoisotopic (exact) mass is 392 g/mol. The maximum Gasteiger partial charge on any atom is 0.329 e. The van der Waals surface area contributed by atoms with Gasteiger partial charge in [-0.3, -0.25) is 19.1 Å². The van der Waals surface area contributed by atoms with Crippen molar-refractivity contribution >= 4 is 16.9 Å². The molecule has 0 saturated carbocycles. The summed E-state index contributed by atoms with van der Waals surface area (Å²) in [5.41, 5.74) is 0.975. The summed E-state index contributed by atoms with van der Waals surface area (Å²) < 4.78 is 7.17. The number of hydrogen-bond acceptors (Lipinski definition) is 5. The highest BCUT2D eigenvalue weighted by Crippen LogP contribution is 2.41. The molecular formula is C21H20N4O4. The number of nitrogens with one attached hydrogen (secondary N) is 1. The molecule has 2 aliphatic heterocycles. The van der Waals surface area contributed by atoms with Crippen molar-refractivity contribution in [2.75, 3.05) is 19.7 Å². The molecular weight excluding hydrogens is 372 g/mol. The van der Waals surface area contributed by atoms with Gasteiger partial charge in [0, 0.05) is 31.2 Å². The van der Waals surface area contributed by atoms with Crippen molar-refractivity contribution in [3.05, 3.63) is 68.0 Å². The van der Waals surface area contributed by atoms with E-state index in [-0.39, 0.29) is 27.9 Å². The summed E-state index contributed by atoms with van der Waals surface area (Å²) in [6.07, 6.45) is 0.859. The molecule has 1 fully saturated rings. The third kappa shape index (κ3) is 2.66. The molecule has 3 aromatic rings. The topological polar surface area (TPSA) is 97.3 Å². The van der Waals surface area contributed by atoms with Crippen molar-refractivity contribution in [1.29, 1.82) is 0 Å². The predicted octanol–water partition coefficient (Wildman–Crippen LogP) is 1.01. The molecule has 1 N–H and O–H groups in total. The number of likely N-dealkylation sites (tertiary alicyclic amines) is 1. The first-order valence-electron chi connectivity index (χ1n) is 9.48. The second-order valence-electron chi connectivity index (χ2n) is 8.06. The van der Waals surface area contributed by atoms with Gasteiger partial charge in [-0.2, -0.15) is 0 Å². The van der Waals surface area contributed by atoms with Crippen LogP contribution in [0.4, 0.5) is 0 Å². The van der Waals surface area contributed by atoms with Gasteiger partial charge in [0.25, 0.3) is 11.5 Å². The molecule has 148 valence electrons. The Morgan fingerprint density at radius 1 is 1.24 bits per heavy atom. The van der Waals surface area contributed by atoms with Crippen LogP contribution in [0.15, 0.2) is 39.9 Å². The lowest BCUT2D eigenvalue weighted by Gasteiger charge is -2.51. The average Bonchev–Trinajstić information content (AvgIpc) is 2.68. The Morgan fingerprint density at radius 3 is 2.79 bits per heavy atom. The van der Waals surface area contributed by atoms with Crippen molar-refractivity contribution < 1.29 is 9.53 Å². The van der Waals surface area contributed by atoms with Crippen molar-refractivity contribution in [1.82, 2.24) is 19.4 Å². The molecule has 0 radical (unpaired) electrons. The zero-order valence-electron chi connectivity index (χ0n) is 16.2. The normalized spacial score (nSPS) is 17.0. The van der Waals surface area contributed by atoms with Gasteiger partial charge in [-0.1, -0.05) is 18.2 Å². The first-order valence-corrected chi connectivity index (χ1v) is 9.48. The summed E-state index contributed by atoms with van der Waals surface area (Å²) in [5.74, 6) is 0.681. The van der Waals surface area contributed by atoms with E-state index in [4.69, 9.17) is 4.74 Å². The summed E-state index contributed by atoms with van der Waals surface area (Å²) in [7, 11) is 1.52. The minimum Gasteiger partial charge on any atom is -0.493 e. The summed E-state index contributed by atoms with van der Waals surface area (Å²) in [5, 5.41) is 0.147. The van der Waals surface area contributed by atoms with E-state index in [1.807, 2.05) is 18.2 Å². The second kappa shape index (κ2) is 6.04. The molecule has 0 atom stereocenters. The molecule has 2 aliphatic rings. The number of nitrogens with zero attached hydrogens (tertiary/aromatic N) is 3. The first kappa shape index (κ1) is 17.7. The lowest BCUT2D eigenvalue weighted by Crippen LogP contribution is -2.62. The van der Waals surface area contributed by atoms with E-state index in [0.29, 0.717) is 25.4 Å². The number of hydrogen-bond donors (Lipinski definition) is 1. The second-order valence-corrected chi connectivity index (χ2v) is 8.06. The highest BCUT2D eigenvalue weighted by Gasteiger charge is 2.48. The van der Waals surface area contributed by atoms with E-state index in [2.05, 4.69) is 16.0 Å². The van der Waals surface area contributed by atoms with Crippen LogP contribution < -0.4 is 16.0 Å². The van der Waals surface area contributed by atoms with Gasteiger partial charge < -0.3 is 9.64 Å². The molecule has 1 spiro atoms. The van der Waals surface area contributed by atoms with Gasteiger partial charge in [0.2, 0.25) is 0 Å². The van der Waals surface area contributed by atoms with E-state index >= 15 is 0 Å². The van der Waals surface area contributed by atoms with E-state index in [0.717, 1.165) is 17.7 Å². The van der Waals surface area contributed by atoms with Crippen molar-refractivity contribution in [3.63, 3.8) is 0 Å². The number of pyridine rings is 1. The van der Waals surface area contributed by atoms with Gasteiger partial charge in [0.15, 0.2) is 0 Å². The number of carbonyl (C=O) groups is 1. The Balaban J connectivity index is 1.48. The fourth-order valence-corrected chi connectivity index (χ4v) is 4.39. The predicted molar refractivity (Wildman–Crippen MR) is 106 cm³/mol. The van der Waals surface area contributed by atoms with E-state index < -0.39 is 11.2 Å². The zero-order valence-corrected chi connectivity index (χ0v) is 16.2. The van der Waals surface area contributed by atoms with Gasteiger partial charge in [-0.25, -0.2) is 9.78 Å². The largest absolute Gasteiger partial charge is 0.493 e. The Hall–Kier alpha value is -3.42. The van der Waals surface area contributed by atoms with Gasteiger partial charge in [-0.05, 0) is 31.0 Å². The lowest BCUT2D eigenvalue weighted by molar-refractivity contribution is -0.0289. The first-order chi connectivity index (χ1) is 13.9. The fraction of sp³-hybridized carbons (Fsp3) is 0.333. The zero-order chi connectivity index (χ0) is 20.3. The molecule has 29 heavy (non-hydrogen) atoms. The number of fused-ring (bicyclic) bond motifs is 2. The Labute approximate surface area is 165 Å². The van der Waals surface area contributed by atoms with Crippen molar-refractivity contribution in [2.24, 2.45) is 12.5 Å². The average molecular weight is 392 g/mol. The number of para-hydroxylation sites is 1. The summed E-state index contributed by atoms with van der Waals surface area (Å²) in [4.78, 5) is 45.9. The highest BCUT2D eigenvalue weighted by atomic mass is 16.5. The molecule has 8 heteroatoms. The summed E-state index contributed by atoms with van der Waals surface area (Å²) in [6.45, 7) is 3.43. The number of ether oxygens (including phenoxy) is 1. The standard InChI is InChI=1S/C21H20N4O4/c1-12-7-14(16-17(22-12)24(2)20(28)23-18(16)26)19(27)25-9-21(10-25)8-13-5-3-4-6-15(13)29-11-21/h3-7H,8-11H2,1-2H3,(H,23,26,28). The van der Waals surface area contributed by atoms with Crippen LogP contribution >= 0.6 is 0 Å². The molecule has 0 aliphatic carbocycles. The maximum atomic E-state index is 13.2. The van der Waals surface area contributed by atoms with Crippen LogP contribution in [0.5, 0.6) is 5.75 Å². The van der Waals surface area contributed by atoms with Crippen molar-refractivity contribution in [2.45, 2.75) is 13.3 Å². The number of carbonyl (C=O) groups excluding carboxylic acids is 1. The van der Waals surface area contributed by atoms with Gasteiger partial charge in [0.05, 0.1) is 17.6 Å².